The van der Waals surface area contributed by atoms with Gasteiger partial charge < -0.3 is 19.1 Å². The van der Waals surface area contributed by atoms with Crippen molar-refractivity contribution < 1.29 is 19.0 Å². The highest BCUT2D eigenvalue weighted by Gasteiger charge is 2.32. The Balaban J connectivity index is 1.95. The normalized spacial score (nSPS) is 15.6. The van der Waals surface area contributed by atoms with Crippen LogP contribution in [-0.2, 0) is 11.2 Å². The molecule has 0 aliphatic carbocycles. The highest BCUT2D eigenvalue weighted by atomic mass is 35.5. The van der Waals surface area contributed by atoms with Crippen molar-refractivity contribution in [2.24, 2.45) is 0 Å². The molecule has 0 saturated carbocycles. The van der Waals surface area contributed by atoms with Crippen LogP contribution < -0.4 is 14.2 Å². The molecular formula is C23H28ClNO4. The van der Waals surface area contributed by atoms with Gasteiger partial charge in [-0.25, -0.2) is 0 Å². The number of rotatable bonds is 7. The topological polar surface area (TPSA) is 48.0 Å². The van der Waals surface area contributed by atoms with Crippen LogP contribution in [0.2, 0.25) is 0 Å². The average Bonchev–Trinajstić information content (AvgIpc) is 2.70. The standard InChI is InChI=1S/C23H28ClNO4/c1-15-9-16(2)11-18(10-15)29-14-20-19-13-22(28-4)21(27-3)12-17(19)6-8-25(20)23(26)5-7-24/h9-13,20H,5-8,14H2,1-4H3. The van der Waals surface area contributed by atoms with Crippen LogP contribution in [0.15, 0.2) is 30.3 Å². The van der Waals surface area contributed by atoms with Gasteiger partial charge in [-0.3, -0.25) is 4.79 Å². The van der Waals surface area contributed by atoms with E-state index in [2.05, 4.69) is 6.07 Å². The Kier molecular flexibility index (Phi) is 6.91. The number of amides is 1. The van der Waals surface area contributed by atoms with E-state index >= 15 is 0 Å². The molecule has 2 aromatic carbocycles. The van der Waals surface area contributed by atoms with Gasteiger partial charge in [-0.1, -0.05) is 6.07 Å². The summed E-state index contributed by atoms with van der Waals surface area (Å²) >= 11 is 5.84. The van der Waals surface area contributed by atoms with Crippen LogP contribution in [0.3, 0.4) is 0 Å². The summed E-state index contributed by atoms with van der Waals surface area (Å²) in [7, 11) is 3.24. The lowest BCUT2D eigenvalue weighted by atomic mass is 9.92. The van der Waals surface area contributed by atoms with E-state index in [1.54, 1.807) is 14.2 Å². The van der Waals surface area contributed by atoms with Crippen molar-refractivity contribution in [2.75, 3.05) is 33.3 Å². The fraction of sp³-hybridized carbons (Fsp3) is 0.435. The first-order valence-electron chi connectivity index (χ1n) is 9.78. The number of benzene rings is 2. The van der Waals surface area contributed by atoms with E-state index in [-0.39, 0.29) is 11.9 Å². The maximum absolute atomic E-state index is 12.7. The Morgan fingerprint density at radius 2 is 1.72 bits per heavy atom. The minimum absolute atomic E-state index is 0.0365. The highest BCUT2D eigenvalue weighted by molar-refractivity contribution is 6.18. The summed E-state index contributed by atoms with van der Waals surface area (Å²) in [5, 5.41) is 0. The van der Waals surface area contributed by atoms with Crippen molar-refractivity contribution in [2.45, 2.75) is 32.7 Å². The van der Waals surface area contributed by atoms with Gasteiger partial charge in [0, 0.05) is 18.8 Å². The van der Waals surface area contributed by atoms with E-state index in [9.17, 15) is 4.79 Å². The molecule has 5 nitrogen and oxygen atoms in total. The molecule has 0 spiro atoms. The van der Waals surface area contributed by atoms with Gasteiger partial charge in [0.25, 0.3) is 0 Å². The highest BCUT2D eigenvalue weighted by Crippen LogP contribution is 2.38. The Bertz CT molecular complexity index is 863. The minimum atomic E-state index is -0.213. The van der Waals surface area contributed by atoms with Crippen LogP contribution in [-0.4, -0.2) is 44.1 Å². The summed E-state index contributed by atoms with van der Waals surface area (Å²) < 4.78 is 17.1. The molecule has 1 aliphatic heterocycles. The molecule has 0 saturated heterocycles. The van der Waals surface area contributed by atoms with Crippen molar-refractivity contribution in [3.63, 3.8) is 0 Å². The number of carbonyl (C=O) groups is 1. The third-order valence-corrected chi connectivity index (χ3v) is 5.42. The molecule has 1 atom stereocenters. The quantitative estimate of drug-likeness (QED) is 0.624. The van der Waals surface area contributed by atoms with E-state index in [0.29, 0.717) is 37.0 Å². The maximum Gasteiger partial charge on any atom is 0.224 e. The monoisotopic (exact) mass is 417 g/mol. The third-order valence-electron chi connectivity index (χ3n) is 5.23. The molecule has 0 aromatic heterocycles. The van der Waals surface area contributed by atoms with Gasteiger partial charge in [0.05, 0.1) is 20.3 Å². The Morgan fingerprint density at radius 3 is 2.34 bits per heavy atom. The number of hydrogen-bond acceptors (Lipinski definition) is 4. The number of alkyl halides is 1. The van der Waals surface area contributed by atoms with E-state index in [4.69, 9.17) is 25.8 Å². The molecule has 1 heterocycles. The number of halogens is 1. The molecule has 0 fully saturated rings. The summed E-state index contributed by atoms with van der Waals surface area (Å²) in [6, 6.07) is 9.88. The fourth-order valence-electron chi connectivity index (χ4n) is 3.92. The molecule has 156 valence electrons. The molecule has 2 aromatic rings. The van der Waals surface area contributed by atoms with Crippen LogP contribution in [0.25, 0.3) is 0 Å². The van der Waals surface area contributed by atoms with Gasteiger partial charge >= 0.3 is 0 Å². The van der Waals surface area contributed by atoms with Crippen LogP contribution in [0.5, 0.6) is 17.2 Å². The molecule has 0 N–H and O–H groups in total. The second-order valence-corrected chi connectivity index (χ2v) is 7.71. The van der Waals surface area contributed by atoms with Crippen molar-refractivity contribution >= 4 is 17.5 Å². The van der Waals surface area contributed by atoms with Gasteiger partial charge in [0.1, 0.15) is 12.4 Å². The zero-order valence-corrected chi connectivity index (χ0v) is 18.2. The van der Waals surface area contributed by atoms with Crippen LogP contribution in [0.1, 0.15) is 34.7 Å². The van der Waals surface area contributed by atoms with Gasteiger partial charge in [0.15, 0.2) is 11.5 Å². The summed E-state index contributed by atoms with van der Waals surface area (Å²) in [4.78, 5) is 14.6. The van der Waals surface area contributed by atoms with E-state index in [0.717, 1.165) is 34.4 Å². The average molecular weight is 418 g/mol. The summed E-state index contributed by atoms with van der Waals surface area (Å²) in [5.41, 5.74) is 4.46. The first-order valence-corrected chi connectivity index (χ1v) is 10.3. The number of fused-ring (bicyclic) bond motifs is 1. The number of aryl methyl sites for hydroxylation is 2. The van der Waals surface area contributed by atoms with Gasteiger partial charge in [-0.15, -0.1) is 11.6 Å². The van der Waals surface area contributed by atoms with Crippen molar-refractivity contribution in [3.8, 4) is 17.2 Å². The first kappa shape index (κ1) is 21.3. The summed E-state index contributed by atoms with van der Waals surface area (Å²) in [6.45, 7) is 5.07. The Hall–Kier alpha value is -2.40. The number of carbonyl (C=O) groups excluding carboxylic acids is 1. The minimum Gasteiger partial charge on any atom is -0.493 e. The maximum atomic E-state index is 12.7. The molecule has 0 radical (unpaired) electrons. The summed E-state index contributed by atoms with van der Waals surface area (Å²) in [5.74, 6) is 2.49. The molecule has 1 amide bonds. The van der Waals surface area contributed by atoms with Crippen molar-refractivity contribution in [1.82, 2.24) is 4.90 Å². The molecule has 3 rings (SSSR count). The molecule has 29 heavy (non-hydrogen) atoms. The summed E-state index contributed by atoms with van der Waals surface area (Å²) in [6.07, 6.45) is 1.06. The number of hydrogen-bond donors (Lipinski definition) is 0. The molecular weight excluding hydrogens is 390 g/mol. The molecule has 6 heteroatoms. The Labute approximate surface area is 177 Å². The lowest BCUT2D eigenvalue weighted by Gasteiger charge is -2.37. The second-order valence-electron chi connectivity index (χ2n) is 7.33. The zero-order valence-electron chi connectivity index (χ0n) is 17.5. The van der Waals surface area contributed by atoms with Crippen LogP contribution in [0, 0.1) is 13.8 Å². The van der Waals surface area contributed by atoms with Gasteiger partial charge in [-0.05, 0) is 66.8 Å². The van der Waals surface area contributed by atoms with Crippen LogP contribution >= 0.6 is 11.6 Å². The van der Waals surface area contributed by atoms with E-state index in [1.807, 2.05) is 43.0 Å². The van der Waals surface area contributed by atoms with Crippen molar-refractivity contribution in [3.05, 3.63) is 52.6 Å². The van der Waals surface area contributed by atoms with E-state index < -0.39 is 0 Å². The lowest BCUT2D eigenvalue weighted by molar-refractivity contribution is -0.134. The number of nitrogens with zero attached hydrogens (tertiary/aromatic N) is 1. The number of ether oxygens (including phenoxy) is 3. The lowest BCUT2D eigenvalue weighted by Crippen LogP contribution is -2.42. The fourth-order valence-corrected chi connectivity index (χ4v) is 4.08. The predicted molar refractivity (Wildman–Crippen MR) is 114 cm³/mol. The zero-order chi connectivity index (χ0) is 21.0. The molecule has 0 bridgehead atoms. The molecule has 1 aliphatic rings. The Morgan fingerprint density at radius 1 is 1.07 bits per heavy atom. The second kappa shape index (κ2) is 9.40. The molecule has 1 unspecified atom stereocenters. The SMILES string of the molecule is COc1cc2c(cc1OC)C(COc1cc(C)cc(C)c1)N(C(=O)CCCl)CC2. The van der Waals surface area contributed by atoms with Crippen LogP contribution in [0.4, 0.5) is 0 Å². The first-order chi connectivity index (χ1) is 14.0. The van der Waals surface area contributed by atoms with E-state index in [1.165, 1.54) is 0 Å². The smallest absolute Gasteiger partial charge is 0.224 e. The van der Waals surface area contributed by atoms with Crippen molar-refractivity contribution in [1.29, 1.82) is 0 Å². The predicted octanol–water partition coefficient (Wildman–Crippen LogP) is 4.45. The van der Waals surface area contributed by atoms with Gasteiger partial charge in [0.2, 0.25) is 5.91 Å². The largest absolute Gasteiger partial charge is 0.493 e. The number of methoxy groups -OCH3 is 2. The van der Waals surface area contributed by atoms with Gasteiger partial charge in [-0.2, -0.15) is 0 Å². The third kappa shape index (κ3) is 4.78.